The van der Waals surface area contributed by atoms with Crippen molar-refractivity contribution in [2.75, 3.05) is 31.1 Å². The third kappa shape index (κ3) is 3.95. The van der Waals surface area contributed by atoms with Crippen molar-refractivity contribution in [3.8, 4) is 0 Å². The molecule has 0 aliphatic carbocycles. The number of aromatic nitrogens is 1. The maximum atomic E-state index is 13.0. The van der Waals surface area contributed by atoms with Crippen LogP contribution in [0.4, 0.5) is 9.52 Å². The fraction of sp³-hybridized carbons (Fsp3) is 0.333. The van der Waals surface area contributed by atoms with Crippen LogP contribution in [0.25, 0.3) is 10.2 Å². The normalized spacial score (nSPS) is 14.7. The Morgan fingerprint density at radius 2 is 1.78 bits per heavy atom. The van der Waals surface area contributed by atoms with Gasteiger partial charge in [-0.2, -0.15) is 0 Å². The number of anilines is 1. The molecule has 1 aliphatic rings. The van der Waals surface area contributed by atoms with E-state index in [1.54, 1.807) is 23.5 Å². The second kappa shape index (κ2) is 7.64. The Balaban J connectivity index is 1.38. The minimum Gasteiger partial charge on any atom is -0.345 e. The van der Waals surface area contributed by atoms with Crippen molar-refractivity contribution >= 4 is 32.6 Å². The Morgan fingerprint density at radius 1 is 1.07 bits per heavy atom. The Labute approximate surface area is 162 Å². The maximum absolute atomic E-state index is 13.0. The van der Waals surface area contributed by atoms with Crippen LogP contribution in [0.5, 0.6) is 0 Å². The van der Waals surface area contributed by atoms with Crippen molar-refractivity contribution in [1.82, 2.24) is 9.88 Å². The maximum Gasteiger partial charge on any atom is 0.227 e. The van der Waals surface area contributed by atoms with E-state index in [0.717, 1.165) is 35.7 Å². The number of hydrogen-bond donors (Lipinski definition) is 0. The Hall–Kier alpha value is -2.47. The first-order valence-corrected chi connectivity index (χ1v) is 10.1. The molecule has 0 saturated carbocycles. The van der Waals surface area contributed by atoms with Crippen LogP contribution in [0.3, 0.4) is 0 Å². The minimum atomic E-state index is -0.276. The number of carbonyl (C=O) groups excluding carboxylic acids is 1. The molecule has 0 atom stereocenters. The number of rotatable bonds is 4. The molecular formula is C21H22FN3OS. The summed E-state index contributed by atoms with van der Waals surface area (Å²) >= 11 is 1.72. The monoisotopic (exact) mass is 383 g/mol. The fourth-order valence-corrected chi connectivity index (χ4v) is 4.43. The van der Waals surface area contributed by atoms with Gasteiger partial charge in [0.15, 0.2) is 5.13 Å². The number of carbonyl (C=O) groups is 1. The number of fused-ring (bicyclic) bond motifs is 1. The molecule has 1 amide bonds. The number of nitrogens with zero attached hydrogens (tertiary/aromatic N) is 3. The van der Waals surface area contributed by atoms with Crippen molar-refractivity contribution in [2.24, 2.45) is 0 Å². The summed E-state index contributed by atoms with van der Waals surface area (Å²) in [6.07, 6.45) is 1.35. The van der Waals surface area contributed by atoms with Gasteiger partial charge in [-0.15, -0.1) is 0 Å². The van der Waals surface area contributed by atoms with Gasteiger partial charge in [-0.25, -0.2) is 9.37 Å². The molecule has 0 radical (unpaired) electrons. The first-order valence-electron chi connectivity index (χ1n) is 9.29. The van der Waals surface area contributed by atoms with E-state index in [-0.39, 0.29) is 11.7 Å². The molecule has 1 aromatic heterocycles. The molecule has 2 heterocycles. The fourth-order valence-electron chi connectivity index (χ4n) is 3.35. The van der Waals surface area contributed by atoms with E-state index in [2.05, 4.69) is 30.0 Å². The topological polar surface area (TPSA) is 36.4 Å². The largest absolute Gasteiger partial charge is 0.345 e. The third-order valence-electron chi connectivity index (χ3n) is 5.02. The highest BCUT2D eigenvalue weighted by Gasteiger charge is 2.23. The summed E-state index contributed by atoms with van der Waals surface area (Å²) in [5, 5.41) is 1.03. The molecule has 1 fully saturated rings. The van der Waals surface area contributed by atoms with E-state index in [4.69, 9.17) is 4.98 Å². The first kappa shape index (κ1) is 17.9. The summed E-state index contributed by atoms with van der Waals surface area (Å²) < 4.78 is 14.2. The van der Waals surface area contributed by atoms with Gasteiger partial charge in [0.1, 0.15) is 5.82 Å². The number of thiazole rings is 1. The number of aryl methyl sites for hydroxylation is 1. The molecule has 3 aromatic rings. The van der Waals surface area contributed by atoms with Crippen molar-refractivity contribution in [3.63, 3.8) is 0 Å². The zero-order valence-corrected chi connectivity index (χ0v) is 16.1. The van der Waals surface area contributed by atoms with Gasteiger partial charge in [0.05, 0.1) is 16.6 Å². The minimum absolute atomic E-state index is 0.0955. The van der Waals surface area contributed by atoms with Gasteiger partial charge >= 0.3 is 0 Å². The summed E-state index contributed by atoms with van der Waals surface area (Å²) in [4.78, 5) is 21.4. The van der Waals surface area contributed by atoms with Gasteiger partial charge in [-0.1, -0.05) is 36.5 Å². The number of amides is 1. The summed E-state index contributed by atoms with van der Waals surface area (Å²) in [7, 11) is 0. The molecule has 4 rings (SSSR count). The highest BCUT2D eigenvalue weighted by Crippen LogP contribution is 2.30. The lowest BCUT2D eigenvalue weighted by Crippen LogP contribution is -2.49. The van der Waals surface area contributed by atoms with Crippen LogP contribution < -0.4 is 4.90 Å². The van der Waals surface area contributed by atoms with E-state index in [1.807, 2.05) is 4.90 Å². The lowest BCUT2D eigenvalue weighted by molar-refractivity contribution is -0.130. The van der Waals surface area contributed by atoms with Gasteiger partial charge in [-0.3, -0.25) is 4.79 Å². The Morgan fingerprint density at radius 3 is 2.48 bits per heavy atom. The Bertz CT molecular complexity index is 946. The van der Waals surface area contributed by atoms with Crippen LogP contribution in [-0.2, 0) is 17.6 Å². The Kier molecular flexibility index (Phi) is 5.07. The molecule has 4 nitrogen and oxygen atoms in total. The standard InChI is InChI=1S/C21H22FN3OS/c1-2-15-5-8-18-19(13-15)27-21(23-18)25-11-9-24(10-12-25)20(26)14-16-3-6-17(22)7-4-16/h3-8,13H,2,9-12,14H2,1H3. The number of halogens is 1. The van der Waals surface area contributed by atoms with Crippen molar-refractivity contribution in [1.29, 1.82) is 0 Å². The lowest BCUT2D eigenvalue weighted by Gasteiger charge is -2.34. The zero-order valence-electron chi connectivity index (χ0n) is 15.3. The molecule has 1 aliphatic heterocycles. The lowest BCUT2D eigenvalue weighted by atomic mass is 10.1. The summed E-state index contributed by atoms with van der Waals surface area (Å²) in [6.45, 7) is 5.11. The van der Waals surface area contributed by atoms with Gasteiger partial charge in [0.25, 0.3) is 0 Å². The smallest absolute Gasteiger partial charge is 0.227 e. The molecule has 0 unspecified atom stereocenters. The number of hydrogen-bond acceptors (Lipinski definition) is 4. The second-order valence-corrected chi connectivity index (χ2v) is 7.83. The van der Waals surface area contributed by atoms with Crippen LogP contribution in [0.2, 0.25) is 0 Å². The van der Waals surface area contributed by atoms with Gasteiger partial charge in [0, 0.05) is 26.2 Å². The van der Waals surface area contributed by atoms with E-state index >= 15 is 0 Å². The molecule has 0 N–H and O–H groups in total. The molecular weight excluding hydrogens is 361 g/mol. The van der Waals surface area contributed by atoms with Gasteiger partial charge in [0.2, 0.25) is 5.91 Å². The highest BCUT2D eigenvalue weighted by atomic mass is 32.1. The van der Waals surface area contributed by atoms with Crippen molar-refractivity contribution < 1.29 is 9.18 Å². The average Bonchev–Trinajstić information content (AvgIpc) is 3.13. The van der Waals surface area contributed by atoms with Gasteiger partial charge in [-0.05, 0) is 41.8 Å². The molecule has 140 valence electrons. The van der Waals surface area contributed by atoms with Crippen LogP contribution in [0.1, 0.15) is 18.1 Å². The number of piperazine rings is 1. The molecule has 27 heavy (non-hydrogen) atoms. The summed E-state index contributed by atoms with van der Waals surface area (Å²) in [5.41, 5.74) is 3.22. The van der Waals surface area contributed by atoms with E-state index < -0.39 is 0 Å². The van der Waals surface area contributed by atoms with Crippen LogP contribution in [0, 0.1) is 5.82 Å². The molecule has 6 heteroatoms. The van der Waals surface area contributed by atoms with E-state index in [9.17, 15) is 9.18 Å². The quantitative estimate of drug-likeness (QED) is 0.686. The molecule has 2 aromatic carbocycles. The number of benzene rings is 2. The highest BCUT2D eigenvalue weighted by molar-refractivity contribution is 7.22. The second-order valence-electron chi connectivity index (χ2n) is 6.82. The molecule has 1 saturated heterocycles. The van der Waals surface area contributed by atoms with Crippen LogP contribution >= 0.6 is 11.3 Å². The zero-order chi connectivity index (χ0) is 18.8. The first-order chi connectivity index (χ1) is 13.1. The SMILES string of the molecule is CCc1ccc2nc(N3CCN(C(=O)Cc4ccc(F)cc4)CC3)sc2c1. The van der Waals surface area contributed by atoms with Crippen molar-refractivity contribution in [3.05, 3.63) is 59.4 Å². The molecule has 0 spiro atoms. The average molecular weight is 383 g/mol. The molecule has 0 bridgehead atoms. The van der Waals surface area contributed by atoms with Gasteiger partial charge < -0.3 is 9.80 Å². The predicted octanol–water partition coefficient (Wildman–Crippen LogP) is 3.89. The predicted molar refractivity (Wildman–Crippen MR) is 108 cm³/mol. The van der Waals surface area contributed by atoms with Crippen LogP contribution in [-0.4, -0.2) is 42.0 Å². The third-order valence-corrected chi connectivity index (χ3v) is 6.10. The summed E-state index contributed by atoms with van der Waals surface area (Å²) in [6, 6.07) is 12.6. The summed E-state index contributed by atoms with van der Waals surface area (Å²) in [5.74, 6) is -0.181. The van der Waals surface area contributed by atoms with Crippen LogP contribution in [0.15, 0.2) is 42.5 Å². The van der Waals surface area contributed by atoms with Crippen molar-refractivity contribution in [2.45, 2.75) is 19.8 Å². The van der Waals surface area contributed by atoms with E-state index in [1.165, 1.54) is 22.4 Å². The van der Waals surface area contributed by atoms with E-state index in [0.29, 0.717) is 19.5 Å².